The van der Waals surface area contributed by atoms with Gasteiger partial charge in [0.05, 0.1) is 6.04 Å². The summed E-state index contributed by atoms with van der Waals surface area (Å²) in [5.74, 6) is 1.03. The molecular weight excluding hydrogens is 242 g/mol. The molecule has 3 heteroatoms. The van der Waals surface area contributed by atoms with Crippen LogP contribution in [0.2, 0.25) is 0 Å². The molecule has 1 heterocycles. The van der Waals surface area contributed by atoms with Crippen molar-refractivity contribution in [3.63, 3.8) is 0 Å². The van der Waals surface area contributed by atoms with Crippen molar-refractivity contribution in [3.05, 3.63) is 54.1 Å². The quantitative estimate of drug-likeness (QED) is 0.665. The van der Waals surface area contributed by atoms with Crippen LogP contribution in [0.3, 0.4) is 0 Å². The van der Waals surface area contributed by atoms with Crippen LogP contribution in [0.25, 0.3) is 0 Å². The summed E-state index contributed by atoms with van der Waals surface area (Å²) in [6.45, 7) is 1.93. The largest absolute Gasteiger partial charge is 0.346 e. The van der Waals surface area contributed by atoms with Gasteiger partial charge in [0.15, 0.2) is 0 Å². The average molecular weight is 259 g/mol. The van der Waals surface area contributed by atoms with Crippen LogP contribution >= 0.6 is 11.8 Å². The Balaban J connectivity index is 2.05. The van der Waals surface area contributed by atoms with Crippen LogP contribution < -0.4 is 5.32 Å². The SMILES string of the molecule is C/C=C/C=C/C(=O)NC1CCSc2ccccc21. The smallest absolute Gasteiger partial charge is 0.244 e. The number of thioether (sulfide) groups is 1. The van der Waals surface area contributed by atoms with Gasteiger partial charge in [-0.15, -0.1) is 11.8 Å². The second-order valence-corrected chi connectivity index (χ2v) is 5.26. The molecule has 2 nitrogen and oxygen atoms in total. The molecule has 0 aliphatic carbocycles. The lowest BCUT2D eigenvalue weighted by atomic mass is 10.0. The van der Waals surface area contributed by atoms with E-state index in [1.54, 1.807) is 12.2 Å². The van der Waals surface area contributed by atoms with Crippen LogP contribution in [-0.4, -0.2) is 11.7 Å². The van der Waals surface area contributed by atoms with Gasteiger partial charge in [0.2, 0.25) is 5.91 Å². The zero-order chi connectivity index (χ0) is 12.8. The van der Waals surface area contributed by atoms with Gasteiger partial charge in [-0.25, -0.2) is 0 Å². The molecule has 1 aliphatic heterocycles. The van der Waals surface area contributed by atoms with Crippen molar-refractivity contribution in [1.29, 1.82) is 0 Å². The number of benzene rings is 1. The first-order valence-electron chi connectivity index (χ1n) is 6.13. The van der Waals surface area contributed by atoms with E-state index in [2.05, 4.69) is 17.4 Å². The molecule has 0 aromatic heterocycles. The van der Waals surface area contributed by atoms with E-state index in [0.717, 1.165) is 12.2 Å². The Hall–Kier alpha value is -1.48. The lowest BCUT2D eigenvalue weighted by Gasteiger charge is -2.25. The third kappa shape index (κ3) is 3.26. The van der Waals surface area contributed by atoms with Crippen molar-refractivity contribution in [2.75, 3.05) is 5.75 Å². The van der Waals surface area contributed by atoms with Crippen molar-refractivity contribution >= 4 is 17.7 Å². The third-order valence-electron chi connectivity index (χ3n) is 2.83. The van der Waals surface area contributed by atoms with Crippen LogP contribution in [0.4, 0.5) is 0 Å². The van der Waals surface area contributed by atoms with Gasteiger partial charge in [-0.3, -0.25) is 4.79 Å². The summed E-state index contributed by atoms with van der Waals surface area (Å²) in [6, 6.07) is 8.43. The van der Waals surface area contributed by atoms with Crippen molar-refractivity contribution in [3.8, 4) is 0 Å². The van der Waals surface area contributed by atoms with Crippen LogP contribution in [0, 0.1) is 0 Å². The number of rotatable bonds is 3. The van der Waals surface area contributed by atoms with Crippen molar-refractivity contribution < 1.29 is 4.79 Å². The Bertz CT molecular complexity index is 479. The number of carbonyl (C=O) groups excluding carboxylic acids is 1. The van der Waals surface area contributed by atoms with Gasteiger partial charge in [0.1, 0.15) is 0 Å². The van der Waals surface area contributed by atoms with E-state index in [4.69, 9.17) is 0 Å². The minimum absolute atomic E-state index is 0.0280. The molecular formula is C15H17NOS. The maximum Gasteiger partial charge on any atom is 0.244 e. The monoisotopic (exact) mass is 259 g/mol. The summed E-state index contributed by atoms with van der Waals surface area (Å²) in [6.07, 6.45) is 8.08. The molecule has 94 valence electrons. The van der Waals surface area contributed by atoms with Crippen LogP contribution in [0.15, 0.2) is 53.5 Å². The van der Waals surface area contributed by atoms with E-state index in [-0.39, 0.29) is 11.9 Å². The third-order valence-corrected chi connectivity index (χ3v) is 3.95. The normalized spacial score (nSPS) is 19.1. The molecule has 1 aromatic rings. The predicted octanol–water partition coefficient (Wildman–Crippen LogP) is 3.47. The highest BCUT2D eigenvalue weighted by Crippen LogP contribution is 2.35. The minimum atomic E-state index is -0.0280. The zero-order valence-electron chi connectivity index (χ0n) is 10.4. The standard InChI is InChI=1S/C15H17NOS/c1-2-3-4-9-15(17)16-13-10-11-18-14-8-6-5-7-12(13)14/h2-9,13H,10-11H2,1H3,(H,16,17)/b3-2+,9-4+. The number of fused-ring (bicyclic) bond motifs is 1. The second kappa shape index (κ2) is 6.45. The van der Waals surface area contributed by atoms with E-state index < -0.39 is 0 Å². The summed E-state index contributed by atoms with van der Waals surface area (Å²) in [4.78, 5) is 13.0. The minimum Gasteiger partial charge on any atom is -0.346 e. The fourth-order valence-corrected chi connectivity index (χ4v) is 3.09. The number of amides is 1. The van der Waals surface area contributed by atoms with Gasteiger partial charge in [-0.05, 0) is 25.0 Å². The molecule has 0 spiro atoms. The summed E-state index contributed by atoms with van der Waals surface area (Å²) in [5.41, 5.74) is 1.24. The van der Waals surface area contributed by atoms with Gasteiger partial charge in [-0.1, -0.05) is 36.4 Å². The number of allylic oxidation sites excluding steroid dienone is 3. The molecule has 1 amide bonds. The fraction of sp³-hybridized carbons (Fsp3) is 0.267. The molecule has 1 atom stereocenters. The highest BCUT2D eigenvalue weighted by Gasteiger charge is 2.20. The lowest BCUT2D eigenvalue weighted by Crippen LogP contribution is -2.29. The van der Waals surface area contributed by atoms with Crippen molar-refractivity contribution in [2.24, 2.45) is 0 Å². The van der Waals surface area contributed by atoms with Gasteiger partial charge < -0.3 is 5.32 Å². The first kappa shape index (κ1) is 13.0. The molecule has 1 unspecified atom stereocenters. The molecule has 0 saturated heterocycles. The summed E-state index contributed by atoms with van der Waals surface area (Å²) < 4.78 is 0. The van der Waals surface area contributed by atoms with Crippen LogP contribution in [-0.2, 0) is 4.79 Å². The molecule has 1 aromatic carbocycles. The van der Waals surface area contributed by atoms with E-state index in [1.165, 1.54) is 10.5 Å². The molecule has 18 heavy (non-hydrogen) atoms. The molecule has 0 radical (unpaired) electrons. The zero-order valence-corrected chi connectivity index (χ0v) is 11.2. The maximum absolute atomic E-state index is 11.8. The Labute approximate surface area is 112 Å². The van der Waals surface area contributed by atoms with Gasteiger partial charge >= 0.3 is 0 Å². The first-order chi connectivity index (χ1) is 8.81. The molecule has 0 saturated carbocycles. The van der Waals surface area contributed by atoms with Gasteiger partial charge in [-0.2, -0.15) is 0 Å². The average Bonchev–Trinajstić information content (AvgIpc) is 2.39. The number of hydrogen-bond acceptors (Lipinski definition) is 2. The lowest BCUT2D eigenvalue weighted by molar-refractivity contribution is -0.117. The predicted molar refractivity (Wildman–Crippen MR) is 76.6 cm³/mol. The summed E-state index contributed by atoms with van der Waals surface area (Å²) in [5, 5.41) is 3.06. The number of carbonyl (C=O) groups is 1. The molecule has 0 bridgehead atoms. The van der Waals surface area contributed by atoms with E-state index >= 15 is 0 Å². The summed E-state index contributed by atoms with van der Waals surface area (Å²) in [7, 11) is 0. The van der Waals surface area contributed by atoms with Crippen molar-refractivity contribution in [2.45, 2.75) is 24.3 Å². The Morgan fingerprint density at radius 3 is 3.06 bits per heavy atom. The Morgan fingerprint density at radius 2 is 2.22 bits per heavy atom. The molecule has 0 fully saturated rings. The van der Waals surface area contributed by atoms with Crippen LogP contribution in [0.1, 0.15) is 24.9 Å². The van der Waals surface area contributed by atoms with E-state index in [1.807, 2.05) is 43.0 Å². The first-order valence-corrected chi connectivity index (χ1v) is 7.11. The van der Waals surface area contributed by atoms with E-state index in [0.29, 0.717) is 0 Å². The Kier molecular flexibility index (Phi) is 4.65. The van der Waals surface area contributed by atoms with Crippen LogP contribution in [0.5, 0.6) is 0 Å². The molecule has 2 rings (SSSR count). The number of hydrogen-bond donors (Lipinski definition) is 1. The van der Waals surface area contributed by atoms with Crippen molar-refractivity contribution in [1.82, 2.24) is 5.32 Å². The van der Waals surface area contributed by atoms with Gasteiger partial charge in [0, 0.05) is 16.7 Å². The topological polar surface area (TPSA) is 29.1 Å². The highest BCUT2D eigenvalue weighted by atomic mass is 32.2. The summed E-state index contributed by atoms with van der Waals surface area (Å²) >= 11 is 1.86. The van der Waals surface area contributed by atoms with E-state index in [9.17, 15) is 4.79 Å². The number of nitrogens with one attached hydrogen (secondary N) is 1. The fourth-order valence-electron chi connectivity index (χ4n) is 1.97. The second-order valence-electron chi connectivity index (χ2n) is 4.12. The highest BCUT2D eigenvalue weighted by molar-refractivity contribution is 7.99. The molecule has 1 aliphatic rings. The Morgan fingerprint density at radius 1 is 1.39 bits per heavy atom. The molecule has 1 N–H and O–H groups in total. The van der Waals surface area contributed by atoms with Gasteiger partial charge in [0.25, 0.3) is 0 Å². The maximum atomic E-state index is 11.8.